The van der Waals surface area contributed by atoms with Crippen LogP contribution in [0, 0.1) is 18.3 Å². The number of fused-ring (bicyclic) bond motifs is 12. The Morgan fingerprint density at radius 2 is 0.739 bits per heavy atom. The van der Waals surface area contributed by atoms with E-state index in [0.717, 1.165) is 83.8 Å². The van der Waals surface area contributed by atoms with Gasteiger partial charge in [0, 0.05) is 76.3 Å². The maximum absolute atomic E-state index is 12.6. The predicted octanol–water partition coefficient (Wildman–Crippen LogP) is 15.9. The first-order chi connectivity index (χ1) is 53.0. The molecule has 28 heteroatoms. The standard InChI is InChI=1S/2C23H24N2O4.C18H13NO5.C18H13NO4.2CO2.2CH4.CH3.W/c2*1-23(2,3)11-10-17(26)14-4-6-15-13(12-14)5-8-18-20(15)21(25-29-18)16-7-9-19(27)24-22(16)28;20-11-3-5-13(14(21)8-11)17-16-12-4-1-10(18(22)23)7-9(12)2-6-15(16)24-19-17;20-9-10-1-4-13-11(7-10)2-6-16-17(13)18(19-23-16)14-5-3-12(21)8-15(14)22;2*2-1-3;;;;/h2*4-6,8,12,16H,7,9-11H2,1-3H3,(H,24,27,28);1-2,4,6-7,13H,3,5,8H2,(H,22,23);1-2,4,6-7,9,14H,3,5,8H2;;;2*1H4;1H3;/q;;;;;;;;-1;. The van der Waals surface area contributed by atoms with Crippen molar-refractivity contribution in [3.8, 4) is 0 Å². The average molecular weight is 1730 g/mol. The minimum absolute atomic E-state index is 0. The largest absolute Gasteiger partial charge is 0.478 e. The molecular weight excluding hydrogens is 1650 g/mol. The van der Waals surface area contributed by atoms with Gasteiger partial charge in [-0.2, -0.15) is 19.2 Å². The van der Waals surface area contributed by atoms with Crippen LogP contribution in [0.3, 0.4) is 0 Å². The fourth-order valence-electron chi connectivity index (χ4n) is 14.2. The van der Waals surface area contributed by atoms with Crippen LogP contribution in [0.2, 0.25) is 0 Å². The van der Waals surface area contributed by atoms with E-state index in [1.165, 1.54) is 6.07 Å². The van der Waals surface area contributed by atoms with Crippen LogP contribution in [-0.4, -0.2) is 109 Å². The van der Waals surface area contributed by atoms with Crippen molar-refractivity contribution in [2.75, 3.05) is 0 Å². The number of aromatic nitrogens is 4. The number of nitrogens with one attached hydrogen (secondary N) is 2. The molecule has 3 N–H and O–H groups in total. The number of carbonyl (C=O) groups excluding carboxylic acids is 15. The van der Waals surface area contributed by atoms with Crippen molar-refractivity contribution in [1.82, 2.24) is 31.3 Å². The number of hydrogen-bond donors (Lipinski definition) is 3. The Balaban J connectivity index is 0.000000206. The van der Waals surface area contributed by atoms with E-state index >= 15 is 0 Å². The third kappa shape index (κ3) is 20.5. The maximum atomic E-state index is 12.6. The fraction of sp³-hybridized carbons (Fsp3) is 0.322. The Labute approximate surface area is 672 Å². The van der Waals surface area contributed by atoms with Gasteiger partial charge in [-0.15, -0.1) is 0 Å². The molecule has 27 nitrogen and oxygen atoms in total. The molecule has 8 aromatic carbocycles. The number of carboxylic acids is 1. The second-order valence-corrected chi connectivity index (χ2v) is 29.9. The average Bonchev–Trinajstić information content (AvgIpc) is 1.67. The molecule has 0 spiro atoms. The van der Waals surface area contributed by atoms with Gasteiger partial charge in [0.05, 0.1) is 63.6 Å². The molecule has 4 unspecified atom stereocenters. The van der Waals surface area contributed by atoms with Crippen LogP contribution >= 0.6 is 0 Å². The Bertz CT molecular complexity index is 5680. The molecule has 2 aliphatic carbocycles. The number of carbonyl (C=O) groups is 12. The molecule has 2 saturated carbocycles. The molecule has 4 fully saturated rings. The molecular formula is C87H85N6O21W-. The van der Waals surface area contributed by atoms with Crippen LogP contribution in [0.4, 0.5) is 0 Å². The fourth-order valence-corrected chi connectivity index (χ4v) is 14.2. The zero-order valence-electron chi connectivity index (χ0n) is 62.6. The molecule has 4 atom stereocenters. The molecule has 2 saturated heterocycles. The minimum Gasteiger partial charge on any atom is -0.478 e. The second-order valence-electron chi connectivity index (χ2n) is 29.9. The molecule has 4 aromatic heterocycles. The molecule has 596 valence electrons. The quantitative estimate of drug-likeness (QED) is 0.0336. The van der Waals surface area contributed by atoms with Gasteiger partial charge in [0.15, 0.2) is 33.9 Å². The molecule has 2 aliphatic heterocycles. The van der Waals surface area contributed by atoms with Gasteiger partial charge in [-0.25, -0.2) is 4.79 Å². The molecule has 4 aliphatic rings. The number of aromatic carboxylic acids is 1. The van der Waals surface area contributed by atoms with Crippen molar-refractivity contribution in [1.29, 1.82) is 0 Å². The van der Waals surface area contributed by atoms with Crippen molar-refractivity contribution in [2.45, 2.75) is 170 Å². The van der Waals surface area contributed by atoms with Crippen molar-refractivity contribution >= 4 is 170 Å². The normalized spacial score (nSPS) is 16.6. The Hall–Kier alpha value is -12.4. The monoisotopic (exact) mass is 1730 g/mol. The summed E-state index contributed by atoms with van der Waals surface area (Å²) in [5.74, 6) is -4.15. The molecule has 0 bridgehead atoms. The van der Waals surface area contributed by atoms with Gasteiger partial charge in [0.25, 0.3) is 0 Å². The number of carboxylic acid groups (broad SMARTS) is 1. The summed E-state index contributed by atoms with van der Waals surface area (Å²) in [7, 11) is 0. The molecule has 16 rings (SSSR count). The van der Waals surface area contributed by atoms with E-state index in [1.54, 1.807) is 42.5 Å². The number of benzene rings is 8. The topological polar surface area (TPSA) is 422 Å². The first kappa shape index (κ1) is 89.8. The minimum atomic E-state index is -0.997. The smallest absolute Gasteiger partial charge is 0.373 e. The number of imide groups is 2. The maximum Gasteiger partial charge on any atom is 0.373 e. The van der Waals surface area contributed by atoms with Crippen molar-refractivity contribution < 1.29 is 121 Å². The summed E-state index contributed by atoms with van der Waals surface area (Å²) >= 11 is 0. The third-order valence-electron chi connectivity index (χ3n) is 19.9. The molecule has 0 radical (unpaired) electrons. The van der Waals surface area contributed by atoms with Crippen molar-refractivity contribution in [2.24, 2.45) is 10.8 Å². The number of aldehydes is 1. The number of hydrogen-bond acceptors (Lipinski definition) is 24. The van der Waals surface area contributed by atoms with E-state index in [4.69, 9.17) is 42.4 Å². The number of piperidine rings is 2. The summed E-state index contributed by atoms with van der Waals surface area (Å²) < 4.78 is 21.7. The van der Waals surface area contributed by atoms with Gasteiger partial charge in [-0.05, 0) is 147 Å². The van der Waals surface area contributed by atoms with Crippen LogP contribution in [0.5, 0.6) is 0 Å². The van der Waals surface area contributed by atoms with Crippen LogP contribution in [0.15, 0.2) is 139 Å². The zero-order valence-corrected chi connectivity index (χ0v) is 65.6. The molecule has 4 amide bonds. The Morgan fingerprint density at radius 3 is 1.04 bits per heavy atom. The van der Waals surface area contributed by atoms with E-state index in [1.807, 2.05) is 72.8 Å². The van der Waals surface area contributed by atoms with Crippen LogP contribution in [-0.2, 0) is 78.6 Å². The van der Waals surface area contributed by atoms with Gasteiger partial charge in [-0.3, -0.25) is 63.4 Å². The van der Waals surface area contributed by atoms with E-state index in [9.17, 15) is 57.5 Å². The van der Waals surface area contributed by atoms with Crippen molar-refractivity contribution in [3.05, 3.63) is 174 Å². The summed E-state index contributed by atoms with van der Waals surface area (Å²) in [6.45, 7) is 12.7. The van der Waals surface area contributed by atoms with E-state index in [-0.39, 0.29) is 156 Å². The van der Waals surface area contributed by atoms with Crippen LogP contribution in [0.1, 0.15) is 234 Å². The molecule has 12 aromatic rings. The summed E-state index contributed by atoms with van der Waals surface area (Å²) in [5, 5.41) is 40.3. The number of ketones is 6. The summed E-state index contributed by atoms with van der Waals surface area (Å²) in [4.78, 5) is 175. The Morgan fingerprint density at radius 1 is 0.443 bits per heavy atom. The molecule has 6 heterocycles. The first-order valence-electron chi connectivity index (χ1n) is 35.8. The molecule has 115 heavy (non-hydrogen) atoms. The first-order valence-corrected chi connectivity index (χ1v) is 35.8. The number of rotatable bonds is 12. The van der Waals surface area contributed by atoms with Gasteiger partial charge >= 0.3 is 18.3 Å². The van der Waals surface area contributed by atoms with E-state index < -0.39 is 29.6 Å². The second kappa shape index (κ2) is 38.4. The summed E-state index contributed by atoms with van der Waals surface area (Å²) in [6.07, 6.45) is 6.91. The van der Waals surface area contributed by atoms with Gasteiger partial charge in [0.2, 0.25) is 23.6 Å². The van der Waals surface area contributed by atoms with Gasteiger partial charge in [-0.1, -0.05) is 144 Å². The Kier molecular flexibility index (Phi) is 30.0. The van der Waals surface area contributed by atoms with E-state index in [0.29, 0.717) is 113 Å². The summed E-state index contributed by atoms with van der Waals surface area (Å²) in [6, 6.07) is 36.0. The van der Waals surface area contributed by atoms with Gasteiger partial charge < -0.3 is 30.6 Å². The number of Topliss-reactive ketones (excluding diaryl/α,β-unsaturated/α-hetero) is 6. The zero-order chi connectivity index (χ0) is 79.8. The van der Waals surface area contributed by atoms with Crippen molar-refractivity contribution in [3.63, 3.8) is 0 Å². The number of nitrogens with zero attached hydrogens (tertiary/aromatic N) is 4. The van der Waals surface area contributed by atoms with Gasteiger partial charge in [0.1, 0.15) is 52.2 Å². The van der Waals surface area contributed by atoms with Crippen LogP contribution in [0.25, 0.3) is 87.0 Å². The number of amides is 4. The summed E-state index contributed by atoms with van der Waals surface area (Å²) in [5.41, 5.74) is 6.92. The van der Waals surface area contributed by atoms with E-state index in [2.05, 4.69) is 72.8 Å². The SMILES string of the molecule is C.C.CC(C)(C)CCC(=O)c1ccc2c(ccc3onc(C4CCC(=O)NC4=O)c32)c1.CC(C)(C)CCC(=O)c1ccc2c(ccc3onc(C4CCC(=O)NC4=O)c32)c1.O=C1CCC(c2noc3ccc4cc(C(=O)O)ccc4c23)C(=O)C1.O=C=O.O=C=O.O=Cc1ccc2c(ccc3onc(C4CCC(=O)CC4=O)c32)c1.[CH3-].[W]. The predicted molar refractivity (Wildman–Crippen MR) is 418 cm³/mol. The van der Waals surface area contributed by atoms with Crippen LogP contribution < -0.4 is 10.6 Å². The third-order valence-corrected chi connectivity index (χ3v) is 19.9.